The average Bonchev–Trinajstić information content (AvgIpc) is 3.05. The number of halogens is 4. The molecule has 0 saturated carbocycles. The summed E-state index contributed by atoms with van der Waals surface area (Å²) in [5.41, 5.74) is -1.53. The van der Waals surface area contributed by atoms with Gasteiger partial charge in [0.2, 0.25) is 0 Å². The maximum absolute atomic E-state index is 13.2. The number of hydrazone groups is 1. The lowest BCUT2D eigenvalue weighted by Crippen LogP contribution is -2.25. The van der Waals surface area contributed by atoms with Crippen LogP contribution in [0.25, 0.3) is 6.08 Å². The van der Waals surface area contributed by atoms with Gasteiger partial charge in [0.25, 0.3) is 5.91 Å². The van der Waals surface area contributed by atoms with Crippen LogP contribution in [-0.4, -0.2) is 17.8 Å². The fraction of sp³-hybridized carbons (Fsp3) is 0.0667. The number of anilines is 1. The van der Waals surface area contributed by atoms with Gasteiger partial charge in [-0.15, -0.1) is 0 Å². The van der Waals surface area contributed by atoms with E-state index < -0.39 is 23.4 Å². The Labute approximate surface area is 142 Å². The number of para-hydroxylation sites is 1. The number of carbonyl (C=O) groups excluding carboxylic acids is 1. The Morgan fingerprint density at radius 3 is 2.39 bits per heavy atom. The molecule has 0 unspecified atom stereocenters. The molecule has 1 aromatic heterocycles. The number of rotatable bonds is 2. The number of alkyl halides is 3. The van der Waals surface area contributed by atoms with Gasteiger partial charge in [0.15, 0.2) is 9.48 Å². The van der Waals surface area contributed by atoms with Crippen LogP contribution in [-0.2, 0) is 4.79 Å². The Hall–Kier alpha value is -2.10. The molecule has 2 heterocycles. The molecule has 0 bridgehead atoms. The highest BCUT2D eigenvalue weighted by atomic mass is 127. The molecule has 0 aliphatic carbocycles. The van der Waals surface area contributed by atoms with Crippen LogP contribution in [0.5, 0.6) is 0 Å². The molecule has 0 spiro atoms. The van der Waals surface area contributed by atoms with Crippen LogP contribution in [0.4, 0.5) is 18.9 Å². The van der Waals surface area contributed by atoms with E-state index in [1.54, 1.807) is 24.3 Å². The summed E-state index contributed by atoms with van der Waals surface area (Å²) in [5, 5.41) is 4.20. The lowest BCUT2D eigenvalue weighted by atomic mass is 10.1. The van der Waals surface area contributed by atoms with E-state index in [-0.39, 0.29) is 11.4 Å². The molecule has 1 aliphatic heterocycles. The molecule has 0 atom stereocenters. The van der Waals surface area contributed by atoms with E-state index in [0.717, 1.165) is 11.1 Å². The molecule has 8 heteroatoms. The first-order chi connectivity index (χ1) is 10.9. The molecule has 3 rings (SSSR count). The lowest BCUT2D eigenvalue weighted by molar-refractivity contribution is -0.114. The van der Waals surface area contributed by atoms with Crippen LogP contribution < -0.4 is 5.01 Å². The molecule has 1 amide bonds. The molecular formula is C15H8F3IN2O2. The summed E-state index contributed by atoms with van der Waals surface area (Å²) in [6, 6.07) is 11.0. The van der Waals surface area contributed by atoms with E-state index in [1.807, 2.05) is 22.6 Å². The Morgan fingerprint density at radius 1 is 1.13 bits per heavy atom. The summed E-state index contributed by atoms with van der Waals surface area (Å²) >= 11 is 1.88. The Morgan fingerprint density at radius 2 is 1.83 bits per heavy atom. The van der Waals surface area contributed by atoms with Crippen LogP contribution in [0.2, 0.25) is 0 Å². The standard InChI is InChI=1S/C15H8F3IN2O2/c16-15(17,18)13-11(8-10-6-7-12(19)23-10)14(22)21(20-13)9-4-2-1-3-5-9/h1-8H/b11-8-. The van der Waals surface area contributed by atoms with Crippen LogP contribution in [0.1, 0.15) is 5.76 Å². The van der Waals surface area contributed by atoms with Crippen LogP contribution in [0, 0.1) is 3.77 Å². The highest BCUT2D eigenvalue weighted by Crippen LogP contribution is 2.32. The van der Waals surface area contributed by atoms with Crippen LogP contribution in [0.3, 0.4) is 0 Å². The maximum atomic E-state index is 13.2. The van der Waals surface area contributed by atoms with Crippen molar-refractivity contribution in [3.63, 3.8) is 0 Å². The highest BCUT2D eigenvalue weighted by molar-refractivity contribution is 14.1. The van der Waals surface area contributed by atoms with E-state index in [0.29, 0.717) is 3.77 Å². The summed E-state index contributed by atoms with van der Waals surface area (Å²) in [6.07, 6.45) is -3.69. The SMILES string of the molecule is O=C1/C(=C\c2ccc(I)o2)C(C(F)(F)F)=NN1c1ccccc1. The van der Waals surface area contributed by atoms with Crippen molar-refractivity contribution in [1.29, 1.82) is 0 Å². The molecule has 0 saturated heterocycles. The fourth-order valence-corrected chi connectivity index (χ4v) is 2.48. The van der Waals surface area contributed by atoms with Crippen molar-refractivity contribution in [1.82, 2.24) is 0 Å². The number of hydrogen-bond donors (Lipinski definition) is 0. The molecular weight excluding hydrogens is 424 g/mol. The van der Waals surface area contributed by atoms with Gasteiger partial charge < -0.3 is 4.42 Å². The molecule has 0 fully saturated rings. The predicted molar refractivity (Wildman–Crippen MR) is 86.8 cm³/mol. The third kappa shape index (κ3) is 3.16. The van der Waals surface area contributed by atoms with Gasteiger partial charge in [0.05, 0.1) is 11.3 Å². The first-order valence-corrected chi connectivity index (χ1v) is 7.47. The summed E-state index contributed by atoms with van der Waals surface area (Å²) in [6.45, 7) is 0. The van der Waals surface area contributed by atoms with Crippen molar-refractivity contribution >= 4 is 46.0 Å². The van der Waals surface area contributed by atoms with Gasteiger partial charge >= 0.3 is 6.18 Å². The van der Waals surface area contributed by atoms with E-state index in [2.05, 4.69) is 5.10 Å². The normalized spacial score (nSPS) is 17.0. The predicted octanol–water partition coefficient (Wildman–Crippen LogP) is 4.23. The summed E-state index contributed by atoms with van der Waals surface area (Å²) in [7, 11) is 0. The second-order valence-corrected chi connectivity index (χ2v) is 5.66. The number of nitrogens with zero attached hydrogens (tertiary/aromatic N) is 2. The first kappa shape index (κ1) is 15.8. The van der Waals surface area contributed by atoms with Crippen LogP contribution >= 0.6 is 22.6 Å². The van der Waals surface area contributed by atoms with E-state index in [1.165, 1.54) is 18.2 Å². The average molecular weight is 432 g/mol. The molecule has 1 aliphatic rings. The number of furan rings is 1. The summed E-state index contributed by atoms with van der Waals surface area (Å²) < 4.78 is 45.3. The number of amides is 1. The van der Waals surface area contributed by atoms with Gasteiger partial charge in [-0.2, -0.15) is 23.3 Å². The molecule has 118 valence electrons. The summed E-state index contributed by atoms with van der Waals surface area (Å²) in [5.74, 6) is -0.695. The molecule has 4 nitrogen and oxygen atoms in total. The van der Waals surface area contributed by atoms with Crippen molar-refractivity contribution < 1.29 is 22.4 Å². The number of carbonyl (C=O) groups is 1. The molecule has 2 aromatic rings. The Kier molecular flexibility index (Phi) is 4.00. The molecule has 0 N–H and O–H groups in total. The molecule has 1 aromatic carbocycles. The lowest BCUT2D eigenvalue weighted by Gasteiger charge is -2.10. The highest BCUT2D eigenvalue weighted by Gasteiger charge is 2.46. The van der Waals surface area contributed by atoms with Gasteiger partial charge in [-0.1, -0.05) is 18.2 Å². The summed E-state index contributed by atoms with van der Waals surface area (Å²) in [4.78, 5) is 12.4. The van der Waals surface area contributed by atoms with Crippen molar-refractivity contribution in [2.75, 3.05) is 5.01 Å². The Balaban J connectivity index is 2.07. The fourth-order valence-electron chi connectivity index (χ4n) is 2.05. The van der Waals surface area contributed by atoms with Gasteiger partial charge in [0.1, 0.15) is 5.76 Å². The Bertz CT molecular complexity index is 810. The second-order valence-electron chi connectivity index (χ2n) is 4.60. The number of hydrogen-bond acceptors (Lipinski definition) is 3. The third-order valence-corrected chi connectivity index (χ3v) is 3.61. The smallest absolute Gasteiger partial charge is 0.435 e. The van der Waals surface area contributed by atoms with Gasteiger partial charge in [-0.25, -0.2) is 0 Å². The molecule has 23 heavy (non-hydrogen) atoms. The van der Waals surface area contributed by atoms with E-state index >= 15 is 0 Å². The van der Waals surface area contributed by atoms with Crippen molar-refractivity contribution in [2.24, 2.45) is 5.10 Å². The van der Waals surface area contributed by atoms with E-state index in [4.69, 9.17) is 4.42 Å². The van der Waals surface area contributed by atoms with E-state index in [9.17, 15) is 18.0 Å². The minimum Gasteiger partial charge on any atom is -0.451 e. The van der Waals surface area contributed by atoms with Crippen LogP contribution in [0.15, 0.2) is 57.6 Å². The third-order valence-electron chi connectivity index (χ3n) is 3.03. The quantitative estimate of drug-likeness (QED) is 0.527. The zero-order valence-corrected chi connectivity index (χ0v) is 13.5. The van der Waals surface area contributed by atoms with Crippen molar-refractivity contribution in [2.45, 2.75) is 6.18 Å². The minimum absolute atomic E-state index is 0.157. The second kappa shape index (κ2) is 5.84. The van der Waals surface area contributed by atoms with Gasteiger partial charge in [-0.05, 0) is 52.9 Å². The first-order valence-electron chi connectivity index (χ1n) is 6.39. The minimum atomic E-state index is -4.75. The van der Waals surface area contributed by atoms with Crippen molar-refractivity contribution in [3.05, 3.63) is 57.6 Å². The van der Waals surface area contributed by atoms with Crippen molar-refractivity contribution in [3.8, 4) is 0 Å². The topological polar surface area (TPSA) is 45.8 Å². The van der Waals surface area contributed by atoms with Gasteiger partial charge in [0, 0.05) is 0 Å². The molecule has 0 radical (unpaired) electrons. The maximum Gasteiger partial charge on any atom is 0.435 e. The zero-order chi connectivity index (χ0) is 16.6. The monoisotopic (exact) mass is 432 g/mol. The largest absolute Gasteiger partial charge is 0.451 e. The van der Waals surface area contributed by atoms with Gasteiger partial charge in [-0.3, -0.25) is 4.79 Å². The zero-order valence-electron chi connectivity index (χ0n) is 11.3. The number of benzene rings is 1.